The molecule has 0 radical (unpaired) electrons. The Morgan fingerprint density at radius 1 is 1.45 bits per heavy atom. The van der Waals surface area contributed by atoms with Crippen molar-refractivity contribution < 1.29 is 18.3 Å². The first-order chi connectivity index (χ1) is 10.6. The van der Waals surface area contributed by atoms with Gasteiger partial charge in [-0.3, -0.25) is 4.68 Å². The van der Waals surface area contributed by atoms with Gasteiger partial charge in [-0.15, -0.1) is 0 Å². The molecule has 1 saturated heterocycles. The molecule has 1 aromatic rings. The molecule has 1 aromatic heterocycles. The second-order valence-corrected chi connectivity index (χ2v) is 7.74. The van der Waals surface area contributed by atoms with Gasteiger partial charge in [0.15, 0.2) is 5.03 Å². The molecular weight excluding hydrogens is 306 g/mol. The highest BCUT2D eigenvalue weighted by atomic mass is 32.2. The number of ether oxygens (including phenoxy) is 1. The van der Waals surface area contributed by atoms with Crippen molar-refractivity contribution in [2.45, 2.75) is 49.9 Å². The zero-order chi connectivity index (χ0) is 15.7. The fourth-order valence-corrected chi connectivity index (χ4v) is 5.36. The first kappa shape index (κ1) is 15.9. The number of rotatable bonds is 4. The van der Waals surface area contributed by atoms with Crippen molar-refractivity contribution in [2.24, 2.45) is 5.92 Å². The summed E-state index contributed by atoms with van der Waals surface area (Å²) in [6.45, 7) is 3.43. The third kappa shape index (κ3) is 2.68. The fraction of sp³-hybridized carbons (Fsp3) is 0.786. The number of aryl methyl sites for hydroxylation is 1. The fourth-order valence-electron chi connectivity index (χ4n) is 3.56. The number of aliphatic hydroxyl groups excluding tert-OH is 1. The van der Waals surface area contributed by atoms with Crippen molar-refractivity contribution in [1.82, 2.24) is 14.1 Å². The molecule has 0 unspecified atom stereocenters. The lowest BCUT2D eigenvalue weighted by atomic mass is 9.96. The average molecular weight is 329 g/mol. The molecule has 1 N–H and O–H groups in total. The zero-order valence-electron chi connectivity index (χ0n) is 12.8. The Labute approximate surface area is 130 Å². The number of hydrogen-bond acceptors (Lipinski definition) is 5. The number of aromatic nitrogens is 2. The maximum Gasteiger partial charge on any atom is 0.260 e. The molecule has 2 heterocycles. The van der Waals surface area contributed by atoms with Gasteiger partial charge in [0.1, 0.15) is 0 Å². The lowest BCUT2D eigenvalue weighted by molar-refractivity contribution is -0.0149. The minimum absolute atomic E-state index is 0.0481. The van der Waals surface area contributed by atoms with E-state index in [9.17, 15) is 13.5 Å². The van der Waals surface area contributed by atoms with E-state index in [0.717, 1.165) is 19.3 Å². The summed E-state index contributed by atoms with van der Waals surface area (Å²) in [5.41, 5.74) is 0. The normalized spacial score (nSPS) is 30.7. The molecular formula is C14H23N3O4S. The van der Waals surface area contributed by atoms with Gasteiger partial charge in [-0.25, -0.2) is 8.42 Å². The number of nitrogens with zero attached hydrogens (tertiary/aromatic N) is 3. The smallest absolute Gasteiger partial charge is 0.260 e. The zero-order valence-corrected chi connectivity index (χ0v) is 13.6. The van der Waals surface area contributed by atoms with Crippen LogP contribution < -0.4 is 0 Å². The predicted octanol–water partition coefficient (Wildman–Crippen LogP) is 0.453. The predicted molar refractivity (Wildman–Crippen MR) is 79.7 cm³/mol. The summed E-state index contributed by atoms with van der Waals surface area (Å²) in [5.74, 6) is -0.0481. The van der Waals surface area contributed by atoms with Crippen LogP contribution in [0, 0.1) is 5.92 Å². The molecule has 0 spiro atoms. The first-order valence-corrected chi connectivity index (χ1v) is 9.29. The Hall–Kier alpha value is -0.960. The van der Waals surface area contributed by atoms with Crippen LogP contribution in [0.4, 0.5) is 0 Å². The number of sulfonamides is 1. The van der Waals surface area contributed by atoms with Crippen LogP contribution in [0.5, 0.6) is 0 Å². The first-order valence-electron chi connectivity index (χ1n) is 7.85. The Kier molecular flexibility index (Phi) is 4.54. The third-order valence-electron chi connectivity index (χ3n) is 4.69. The molecule has 1 aliphatic carbocycles. The highest BCUT2D eigenvalue weighted by molar-refractivity contribution is 7.89. The monoisotopic (exact) mass is 329 g/mol. The van der Waals surface area contributed by atoms with E-state index in [4.69, 9.17) is 4.74 Å². The minimum atomic E-state index is -3.63. The van der Waals surface area contributed by atoms with Crippen LogP contribution >= 0.6 is 0 Å². The summed E-state index contributed by atoms with van der Waals surface area (Å²) < 4.78 is 34.6. The van der Waals surface area contributed by atoms with E-state index in [1.54, 1.807) is 0 Å². The molecule has 2 fully saturated rings. The van der Waals surface area contributed by atoms with E-state index in [1.165, 1.54) is 21.3 Å². The highest BCUT2D eigenvalue weighted by Gasteiger charge is 2.43. The second kappa shape index (κ2) is 6.27. The van der Waals surface area contributed by atoms with Crippen LogP contribution in [0.25, 0.3) is 0 Å². The van der Waals surface area contributed by atoms with E-state index in [2.05, 4.69) is 5.10 Å². The van der Waals surface area contributed by atoms with Gasteiger partial charge in [-0.2, -0.15) is 9.40 Å². The van der Waals surface area contributed by atoms with Gasteiger partial charge in [-0.05, 0) is 25.8 Å². The van der Waals surface area contributed by atoms with Gasteiger partial charge in [0.25, 0.3) is 10.0 Å². The molecule has 7 nitrogen and oxygen atoms in total. The van der Waals surface area contributed by atoms with Gasteiger partial charge in [0.2, 0.25) is 0 Å². The summed E-state index contributed by atoms with van der Waals surface area (Å²) in [7, 11) is -3.63. The van der Waals surface area contributed by atoms with Crippen molar-refractivity contribution in [2.75, 3.05) is 19.8 Å². The molecule has 8 heteroatoms. The van der Waals surface area contributed by atoms with Gasteiger partial charge in [-0.1, -0.05) is 6.42 Å². The Morgan fingerprint density at radius 2 is 2.27 bits per heavy atom. The molecule has 2 aliphatic rings. The lowest BCUT2D eigenvalue weighted by Gasteiger charge is -2.38. The van der Waals surface area contributed by atoms with Crippen LogP contribution in [0.3, 0.4) is 0 Å². The van der Waals surface area contributed by atoms with Crippen LogP contribution in [0.2, 0.25) is 0 Å². The average Bonchev–Trinajstić information content (AvgIpc) is 3.15. The van der Waals surface area contributed by atoms with Gasteiger partial charge in [0, 0.05) is 19.0 Å². The molecule has 3 atom stereocenters. The quantitative estimate of drug-likeness (QED) is 0.867. The molecule has 1 saturated carbocycles. The molecule has 0 aromatic carbocycles. The Bertz CT molecular complexity index is 615. The van der Waals surface area contributed by atoms with Crippen molar-refractivity contribution in [3.05, 3.63) is 12.3 Å². The lowest BCUT2D eigenvalue weighted by Crippen LogP contribution is -2.53. The van der Waals surface area contributed by atoms with E-state index in [-0.39, 0.29) is 17.0 Å². The number of morpholine rings is 1. The Morgan fingerprint density at radius 3 is 2.95 bits per heavy atom. The molecule has 124 valence electrons. The minimum Gasteiger partial charge on any atom is -0.393 e. The molecule has 0 bridgehead atoms. The van der Waals surface area contributed by atoms with Crippen LogP contribution in [-0.2, 0) is 21.3 Å². The maximum atomic E-state index is 13.0. The van der Waals surface area contributed by atoms with Gasteiger partial charge in [0.05, 0.1) is 31.6 Å². The molecule has 22 heavy (non-hydrogen) atoms. The van der Waals surface area contributed by atoms with Crippen molar-refractivity contribution in [3.63, 3.8) is 0 Å². The summed E-state index contributed by atoms with van der Waals surface area (Å²) in [6, 6.07) is 1.24. The van der Waals surface area contributed by atoms with Gasteiger partial charge >= 0.3 is 0 Å². The summed E-state index contributed by atoms with van der Waals surface area (Å²) in [4.78, 5) is 0. The topological polar surface area (TPSA) is 84.7 Å². The van der Waals surface area contributed by atoms with E-state index >= 15 is 0 Å². The van der Waals surface area contributed by atoms with Crippen LogP contribution in [0.1, 0.15) is 26.2 Å². The van der Waals surface area contributed by atoms with E-state index in [0.29, 0.717) is 26.3 Å². The van der Waals surface area contributed by atoms with Crippen LogP contribution in [0.15, 0.2) is 17.3 Å². The van der Waals surface area contributed by atoms with Crippen molar-refractivity contribution in [1.29, 1.82) is 0 Å². The number of hydrogen-bond donors (Lipinski definition) is 1. The standard InChI is InChI=1S/C14H23N3O4S/c1-2-16-14(6-7-15-16)22(19,20)17-8-9-21-10-12(17)11-4-3-5-13(11)18/h6-7,11-13,18H,2-5,8-10H2,1H3/t11-,12-,13-/m1/s1. The van der Waals surface area contributed by atoms with E-state index < -0.39 is 16.1 Å². The Balaban J connectivity index is 1.93. The second-order valence-electron chi connectivity index (χ2n) is 5.91. The molecule has 1 aliphatic heterocycles. The van der Waals surface area contributed by atoms with E-state index in [1.807, 2.05) is 6.92 Å². The van der Waals surface area contributed by atoms with Crippen molar-refractivity contribution >= 4 is 10.0 Å². The van der Waals surface area contributed by atoms with Gasteiger partial charge < -0.3 is 9.84 Å². The maximum absolute atomic E-state index is 13.0. The van der Waals surface area contributed by atoms with Crippen molar-refractivity contribution in [3.8, 4) is 0 Å². The summed E-state index contributed by atoms with van der Waals surface area (Å²) in [6.07, 6.45) is 3.58. The van der Waals surface area contributed by atoms with Crippen LogP contribution in [-0.4, -0.2) is 59.5 Å². The third-order valence-corrected chi connectivity index (χ3v) is 6.64. The number of aliphatic hydroxyl groups is 1. The molecule has 3 rings (SSSR count). The SMILES string of the molecule is CCn1nccc1S(=O)(=O)N1CCOC[C@@H]1[C@H]1CCC[C@H]1O. The summed E-state index contributed by atoms with van der Waals surface area (Å²) >= 11 is 0. The summed E-state index contributed by atoms with van der Waals surface area (Å²) in [5, 5.41) is 14.4. The largest absolute Gasteiger partial charge is 0.393 e. The molecule has 0 amide bonds. The highest BCUT2D eigenvalue weighted by Crippen LogP contribution is 2.34.